The average Bonchev–Trinajstić information content (AvgIpc) is 3.34. The van der Waals surface area contributed by atoms with Gasteiger partial charge in [0.2, 0.25) is 5.91 Å². The van der Waals surface area contributed by atoms with Gasteiger partial charge in [-0.15, -0.1) is 0 Å². The monoisotopic (exact) mass is 603 g/mol. The lowest BCUT2D eigenvalue weighted by atomic mass is 9.85. The number of rotatable bonds is 10. The quantitative estimate of drug-likeness (QED) is 0.212. The Morgan fingerprint density at radius 3 is 2.77 bits per heavy atom. The average molecular weight is 604 g/mol. The number of nitrogens with zero attached hydrogens (tertiary/aromatic N) is 4. The topological polar surface area (TPSA) is 132 Å². The molecular weight excluding hydrogens is 570 g/mol. The number of anilines is 1. The van der Waals surface area contributed by atoms with Gasteiger partial charge in [-0.05, 0) is 73.2 Å². The van der Waals surface area contributed by atoms with E-state index in [0.29, 0.717) is 47.3 Å². The van der Waals surface area contributed by atoms with Gasteiger partial charge in [-0.1, -0.05) is 37.2 Å². The van der Waals surface area contributed by atoms with Crippen molar-refractivity contribution < 1.29 is 24.2 Å². The number of benzene rings is 2. The Morgan fingerprint density at radius 2 is 2.07 bits per heavy atom. The highest BCUT2D eigenvalue weighted by atomic mass is 35.5. The highest BCUT2D eigenvalue weighted by molar-refractivity contribution is 6.30. The third kappa shape index (κ3) is 6.01. The molecule has 3 heterocycles. The summed E-state index contributed by atoms with van der Waals surface area (Å²) >= 11 is 6.15. The Morgan fingerprint density at radius 1 is 1.26 bits per heavy atom. The molecule has 1 saturated heterocycles. The van der Waals surface area contributed by atoms with Gasteiger partial charge in [0.25, 0.3) is 0 Å². The Balaban J connectivity index is 1.71. The molecule has 3 N–H and O–H groups in total. The lowest BCUT2D eigenvalue weighted by Gasteiger charge is -2.32. The van der Waals surface area contributed by atoms with Crippen molar-refractivity contribution in [2.45, 2.75) is 38.5 Å². The number of nitrogens with two attached hydrogens (primary N) is 1. The SMILES string of the molecule is C=CC(=O)N1CCCC(c2c(CC(CC)C(=O)O)c(-c3ccc(Oc4cccc(Cl)c4)c(OC)c3)c3c(N)ncnn23)C1. The standard InChI is InChI=1S/C32H34ClN5O5/c1-4-19(32(40)41)14-24-28(20-11-12-25(26(15-20)42-3)43-23-10-6-9-22(33)16-23)30-31(34)35-18-36-38(30)29(24)21-8-7-13-37(17-21)27(39)5-2/h5-6,9-12,15-16,18-19,21H,2,4,7-8,13-14,17H2,1,3H3,(H,40,41)(H2,34,35,36). The molecule has 1 aliphatic rings. The first kappa shape index (κ1) is 29.9. The van der Waals surface area contributed by atoms with Gasteiger partial charge in [0.15, 0.2) is 17.3 Å². The molecule has 10 nitrogen and oxygen atoms in total. The molecule has 1 aliphatic heterocycles. The summed E-state index contributed by atoms with van der Waals surface area (Å²) in [7, 11) is 1.55. The number of carboxylic acids is 1. The molecular formula is C32H34ClN5O5. The van der Waals surface area contributed by atoms with E-state index in [1.54, 1.807) is 46.9 Å². The molecule has 43 heavy (non-hydrogen) atoms. The largest absolute Gasteiger partial charge is 0.493 e. The van der Waals surface area contributed by atoms with Crippen LogP contribution < -0.4 is 15.2 Å². The fourth-order valence-corrected chi connectivity index (χ4v) is 6.05. The number of aromatic nitrogens is 3. The number of hydrogen-bond donors (Lipinski definition) is 2. The Labute approximate surface area is 254 Å². The van der Waals surface area contributed by atoms with Crippen LogP contribution in [0.5, 0.6) is 17.2 Å². The van der Waals surface area contributed by atoms with Crippen LogP contribution in [0.1, 0.15) is 43.4 Å². The van der Waals surface area contributed by atoms with Crippen LogP contribution in [0.3, 0.4) is 0 Å². The van der Waals surface area contributed by atoms with Crippen molar-refractivity contribution in [1.82, 2.24) is 19.5 Å². The molecule has 2 aromatic carbocycles. The van der Waals surface area contributed by atoms with Crippen LogP contribution in [0, 0.1) is 5.92 Å². The molecule has 0 radical (unpaired) electrons. The van der Waals surface area contributed by atoms with E-state index in [9.17, 15) is 14.7 Å². The van der Waals surface area contributed by atoms with Crippen molar-refractivity contribution in [3.8, 4) is 28.4 Å². The molecule has 5 rings (SSSR count). The molecule has 1 amide bonds. The van der Waals surface area contributed by atoms with E-state index in [1.807, 2.05) is 19.1 Å². The zero-order valence-corrected chi connectivity index (χ0v) is 24.9. The highest BCUT2D eigenvalue weighted by Gasteiger charge is 2.33. The minimum atomic E-state index is -0.885. The lowest BCUT2D eigenvalue weighted by Crippen LogP contribution is -2.38. The summed E-state index contributed by atoms with van der Waals surface area (Å²) in [5.74, 6) is -0.0308. The number of ether oxygens (including phenoxy) is 2. The second-order valence-corrected chi connectivity index (χ2v) is 11.0. The van der Waals surface area contributed by atoms with Gasteiger partial charge >= 0.3 is 5.97 Å². The van der Waals surface area contributed by atoms with Crippen molar-refractivity contribution >= 4 is 34.8 Å². The maximum Gasteiger partial charge on any atom is 0.306 e. The molecule has 0 aliphatic carbocycles. The van der Waals surface area contributed by atoms with Crippen molar-refractivity contribution in [3.63, 3.8) is 0 Å². The number of nitrogen functional groups attached to an aromatic ring is 1. The molecule has 0 bridgehead atoms. The second-order valence-electron chi connectivity index (χ2n) is 10.5. The molecule has 2 atom stereocenters. The fourth-order valence-electron chi connectivity index (χ4n) is 5.87. The van der Waals surface area contributed by atoms with Crippen molar-refractivity contribution in [2.75, 3.05) is 25.9 Å². The van der Waals surface area contributed by atoms with Crippen molar-refractivity contribution in [3.05, 3.63) is 77.7 Å². The maximum atomic E-state index is 12.6. The van der Waals surface area contributed by atoms with Gasteiger partial charge in [-0.25, -0.2) is 9.50 Å². The fraction of sp³-hybridized carbons (Fsp3) is 0.312. The predicted molar refractivity (Wildman–Crippen MR) is 165 cm³/mol. The van der Waals surface area contributed by atoms with Crippen LogP contribution in [-0.2, 0) is 16.0 Å². The van der Waals surface area contributed by atoms with Crippen LogP contribution in [0.15, 0.2) is 61.4 Å². The Hall–Kier alpha value is -4.57. The molecule has 1 fully saturated rings. The molecule has 11 heteroatoms. The first-order valence-corrected chi connectivity index (χ1v) is 14.5. The first-order chi connectivity index (χ1) is 20.7. The van der Waals surface area contributed by atoms with Crippen molar-refractivity contribution in [1.29, 1.82) is 0 Å². The minimum absolute atomic E-state index is 0.109. The molecule has 2 aromatic heterocycles. The number of carboxylic acid groups (broad SMARTS) is 1. The summed E-state index contributed by atoms with van der Waals surface area (Å²) in [4.78, 5) is 31.0. The van der Waals surface area contributed by atoms with E-state index in [2.05, 4.69) is 16.7 Å². The van der Waals surface area contributed by atoms with E-state index in [-0.39, 0.29) is 24.1 Å². The van der Waals surface area contributed by atoms with Crippen LogP contribution in [0.2, 0.25) is 5.02 Å². The van der Waals surface area contributed by atoms with Gasteiger partial charge < -0.3 is 25.2 Å². The lowest BCUT2D eigenvalue weighted by molar-refractivity contribution is -0.141. The van der Waals surface area contributed by atoms with E-state index < -0.39 is 11.9 Å². The van der Waals surface area contributed by atoms with E-state index in [1.165, 1.54) is 12.4 Å². The van der Waals surface area contributed by atoms with Gasteiger partial charge in [0.1, 0.15) is 17.6 Å². The number of piperidine rings is 1. The summed E-state index contributed by atoms with van der Waals surface area (Å²) in [6.07, 6.45) is 4.97. The summed E-state index contributed by atoms with van der Waals surface area (Å²) in [5.41, 5.74) is 10.2. The molecule has 0 spiro atoms. The van der Waals surface area contributed by atoms with E-state index in [4.69, 9.17) is 26.8 Å². The normalized spacial score (nSPS) is 15.7. The predicted octanol–water partition coefficient (Wildman–Crippen LogP) is 5.98. The molecule has 2 unspecified atom stereocenters. The van der Waals surface area contributed by atoms with Crippen LogP contribution >= 0.6 is 11.6 Å². The van der Waals surface area contributed by atoms with Crippen LogP contribution in [0.4, 0.5) is 5.82 Å². The summed E-state index contributed by atoms with van der Waals surface area (Å²) in [5, 5.41) is 15.2. The number of carbonyl (C=O) groups excluding carboxylic acids is 1. The number of aliphatic carboxylic acids is 1. The Kier molecular flexibility index (Phi) is 8.86. The number of likely N-dealkylation sites (tertiary alicyclic amines) is 1. The first-order valence-electron chi connectivity index (χ1n) is 14.2. The number of hydrogen-bond acceptors (Lipinski definition) is 7. The number of methoxy groups -OCH3 is 1. The van der Waals surface area contributed by atoms with Gasteiger partial charge in [-0.3, -0.25) is 9.59 Å². The number of fused-ring (bicyclic) bond motifs is 1. The van der Waals surface area contributed by atoms with E-state index in [0.717, 1.165) is 35.2 Å². The molecule has 0 saturated carbocycles. The van der Waals surface area contributed by atoms with Crippen LogP contribution in [0.25, 0.3) is 16.6 Å². The summed E-state index contributed by atoms with van der Waals surface area (Å²) in [6, 6.07) is 12.6. The smallest absolute Gasteiger partial charge is 0.306 e. The highest BCUT2D eigenvalue weighted by Crippen LogP contribution is 2.44. The zero-order chi connectivity index (χ0) is 30.7. The van der Waals surface area contributed by atoms with Gasteiger partial charge in [0, 0.05) is 29.6 Å². The van der Waals surface area contributed by atoms with Gasteiger partial charge in [-0.2, -0.15) is 5.10 Å². The molecule has 4 aromatic rings. The van der Waals surface area contributed by atoms with Crippen molar-refractivity contribution in [2.24, 2.45) is 5.92 Å². The van der Waals surface area contributed by atoms with E-state index >= 15 is 0 Å². The van der Waals surface area contributed by atoms with Gasteiger partial charge in [0.05, 0.1) is 18.7 Å². The summed E-state index contributed by atoms with van der Waals surface area (Å²) in [6.45, 7) is 6.59. The van der Waals surface area contributed by atoms with Crippen LogP contribution in [-0.4, -0.2) is 56.7 Å². The molecule has 224 valence electrons. The minimum Gasteiger partial charge on any atom is -0.493 e. The third-order valence-corrected chi connectivity index (χ3v) is 8.19. The zero-order valence-electron chi connectivity index (χ0n) is 24.1. The number of carbonyl (C=O) groups is 2. The number of amides is 1. The number of halogens is 1. The summed E-state index contributed by atoms with van der Waals surface area (Å²) < 4.78 is 13.6. The Bertz CT molecular complexity index is 1690. The maximum absolute atomic E-state index is 12.6. The second kappa shape index (κ2) is 12.7. The third-order valence-electron chi connectivity index (χ3n) is 7.96.